The standard InChI is InChI=1S/C7H13NO4S/c1-8(2-3-9)6(10)4-13-5-7(11)12/h9H,2-5H2,1H3,(H,11,12). The maximum atomic E-state index is 11.1. The molecule has 1 amide bonds. The van der Waals surface area contributed by atoms with Gasteiger partial charge in [0.25, 0.3) is 0 Å². The molecule has 0 aliphatic rings. The zero-order valence-corrected chi connectivity index (χ0v) is 8.21. The number of hydrogen-bond acceptors (Lipinski definition) is 4. The highest BCUT2D eigenvalue weighted by atomic mass is 32.2. The van der Waals surface area contributed by atoms with Crippen molar-refractivity contribution in [1.29, 1.82) is 0 Å². The second kappa shape index (κ2) is 6.73. The number of carbonyl (C=O) groups excluding carboxylic acids is 1. The third-order valence-electron chi connectivity index (χ3n) is 1.31. The zero-order chi connectivity index (χ0) is 10.3. The molecule has 0 bridgehead atoms. The summed E-state index contributed by atoms with van der Waals surface area (Å²) in [5.41, 5.74) is 0. The largest absolute Gasteiger partial charge is 0.481 e. The molecule has 6 heteroatoms. The number of carboxylic acid groups (broad SMARTS) is 1. The first kappa shape index (κ1) is 12.2. The van der Waals surface area contributed by atoms with E-state index < -0.39 is 5.97 Å². The summed E-state index contributed by atoms with van der Waals surface area (Å²) in [5.74, 6) is -1.02. The van der Waals surface area contributed by atoms with Crippen molar-refractivity contribution in [3.63, 3.8) is 0 Å². The molecule has 0 fully saturated rings. The Bertz CT molecular complexity index is 185. The summed E-state index contributed by atoms with van der Waals surface area (Å²) in [6, 6.07) is 0. The van der Waals surface area contributed by atoms with Crippen LogP contribution in [0.4, 0.5) is 0 Å². The Morgan fingerprint density at radius 2 is 2.00 bits per heavy atom. The van der Waals surface area contributed by atoms with Gasteiger partial charge in [-0.2, -0.15) is 0 Å². The molecule has 0 aliphatic heterocycles. The number of amides is 1. The lowest BCUT2D eigenvalue weighted by Crippen LogP contribution is -2.31. The maximum absolute atomic E-state index is 11.1. The van der Waals surface area contributed by atoms with Gasteiger partial charge >= 0.3 is 5.97 Å². The first-order valence-corrected chi connectivity index (χ1v) is 4.87. The van der Waals surface area contributed by atoms with Crippen molar-refractivity contribution >= 4 is 23.6 Å². The summed E-state index contributed by atoms with van der Waals surface area (Å²) in [5, 5.41) is 16.8. The summed E-state index contributed by atoms with van der Waals surface area (Å²) < 4.78 is 0. The maximum Gasteiger partial charge on any atom is 0.313 e. The van der Waals surface area contributed by atoms with E-state index in [9.17, 15) is 9.59 Å². The number of aliphatic hydroxyl groups is 1. The fraction of sp³-hybridized carbons (Fsp3) is 0.714. The lowest BCUT2D eigenvalue weighted by atomic mass is 10.5. The molecule has 0 aromatic carbocycles. The molecule has 0 radical (unpaired) electrons. The van der Waals surface area contributed by atoms with E-state index in [0.29, 0.717) is 0 Å². The van der Waals surface area contributed by atoms with E-state index in [0.717, 1.165) is 11.8 Å². The monoisotopic (exact) mass is 207 g/mol. The molecule has 0 rings (SSSR count). The van der Waals surface area contributed by atoms with Gasteiger partial charge in [0, 0.05) is 13.6 Å². The molecule has 0 spiro atoms. The Kier molecular flexibility index (Phi) is 6.34. The topological polar surface area (TPSA) is 77.8 Å². The predicted molar refractivity (Wildman–Crippen MR) is 49.7 cm³/mol. The van der Waals surface area contributed by atoms with E-state index >= 15 is 0 Å². The fourth-order valence-corrected chi connectivity index (χ4v) is 1.28. The van der Waals surface area contributed by atoms with E-state index in [4.69, 9.17) is 10.2 Å². The molecule has 2 N–H and O–H groups in total. The summed E-state index contributed by atoms with van der Waals surface area (Å²) in [6.07, 6.45) is 0. The summed E-state index contributed by atoms with van der Waals surface area (Å²) in [4.78, 5) is 22.6. The fourth-order valence-electron chi connectivity index (χ4n) is 0.611. The number of aliphatic carboxylic acids is 1. The molecule has 0 aromatic heterocycles. The Morgan fingerprint density at radius 1 is 1.38 bits per heavy atom. The lowest BCUT2D eigenvalue weighted by molar-refractivity contribution is -0.133. The summed E-state index contributed by atoms with van der Waals surface area (Å²) in [7, 11) is 1.57. The van der Waals surface area contributed by atoms with E-state index in [1.807, 2.05) is 0 Å². The van der Waals surface area contributed by atoms with Gasteiger partial charge in [-0.3, -0.25) is 9.59 Å². The van der Waals surface area contributed by atoms with Crippen LogP contribution in [0.25, 0.3) is 0 Å². The minimum atomic E-state index is -0.928. The zero-order valence-electron chi connectivity index (χ0n) is 7.39. The first-order chi connectivity index (χ1) is 6.07. The number of nitrogens with zero attached hydrogens (tertiary/aromatic N) is 1. The predicted octanol–water partition coefficient (Wildman–Crippen LogP) is -0.745. The van der Waals surface area contributed by atoms with Gasteiger partial charge in [0.1, 0.15) is 0 Å². The van der Waals surface area contributed by atoms with Crippen LogP contribution in [0.3, 0.4) is 0 Å². The molecule has 0 unspecified atom stereocenters. The van der Waals surface area contributed by atoms with Gasteiger partial charge in [0.2, 0.25) is 5.91 Å². The molecule has 0 saturated carbocycles. The van der Waals surface area contributed by atoms with Gasteiger partial charge in [0.15, 0.2) is 0 Å². The van der Waals surface area contributed by atoms with Crippen molar-refractivity contribution in [1.82, 2.24) is 4.90 Å². The number of carbonyl (C=O) groups is 2. The van der Waals surface area contributed by atoms with Crippen LogP contribution >= 0.6 is 11.8 Å². The first-order valence-electron chi connectivity index (χ1n) is 3.72. The highest BCUT2D eigenvalue weighted by Gasteiger charge is 2.08. The van der Waals surface area contributed by atoms with Crippen LogP contribution < -0.4 is 0 Å². The number of likely N-dealkylation sites (N-methyl/N-ethyl adjacent to an activating group) is 1. The van der Waals surface area contributed by atoms with Crippen LogP contribution in [0.2, 0.25) is 0 Å². The van der Waals surface area contributed by atoms with E-state index in [1.54, 1.807) is 7.05 Å². The van der Waals surface area contributed by atoms with Gasteiger partial charge < -0.3 is 15.1 Å². The molecular weight excluding hydrogens is 194 g/mol. The number of aliphatic hydroxyl groups excluding tert-OH is 1. The normalized spacial score (nSPS) is 9.69. The number of carboxylic acids is 1. The summed E-state index contributed by atoms with van der Waals surface area (Å²) >= 11 is 1.05. The van der Waals surface area contributed by atoms with Crippen molar-refractivity contribution in [3.05, 3.63) is 0 Å². The SMILES string of the molecule is CN(CCO)C(=O)CSCC(=O)O. The van der Waals surface area contributed by atoms with Crippen molar-refractivity contribution in [3.8, 4) is 0 Å². The van der Waals surface area contributed by atoms with Gasteiger partial charge in [-0.05, 0) is 0 Å². The molecule has 0 aromatic rings. The van der Waals surface area contributed by atoms with Gasteiger partial charge in [-0.1, -0.05) is 0 Å². The van der Waals surface area contributed by atoms with Crippen LogP contribution in [-0.2, 0) is 9.59 Å². The van der Waals surface area contributed by atoms with E-state index in [2.05, 4.69) is 0 Å². The van der Waals surface area contributed by atoms with E-state index in [-0.39, 0.29) is 30.6 Å². The van der Waals surface area contributed by atoms with Crippen LogP contribution in [0, 0.1) is 0 Å². The molecule has 5 nitrogen and oxygen atoms in total. The molecule has 76 valence electrons. The van der Waals surface area contributed by atoms with Crippen LogP contribution in [0.5, 0.6) is 0 Å². The smallest absolute Gasteiger partial charge is 0.313 e. The average Bonchev–Trinajstić information content (AvgIpc) is 2.04. The summed E-state index contributed by atoms with van der Waals surface area (Å²) in [6.45, 7) is 0.207. The quantitative estimate of drug-likeness (QED) is 0.599. The minimum absolute atomic E-state index is 0.0707. The molecular formula is C7H13NO4S. The number of thioether (sulfide) groups is 1. The molecule has 0 atom stereocenters. The van der Waals surface area contributed by atoms with Gasteiger partial charge in [0.05, 0.1) is 18.1 Å². The van der Waals surface area contributed by atoms with Crippen LogP contribution in [0.15, 0.2) is 0 Å². The average molecular weight is 207 g/mol. The van der Waals surface area contributed by atoms with Crippen LogP contribution in [0.1, 0.15) is 0 Å². The van der Waals surface area contributed by atoms with Crippen molar-refractivity contribution in [2.45, 2.75) is 0 Å². The lowest BCUT2D eigenvalue weighted by Gasteiger charge is -2.14. The van der Waals surface area contributed by atoms with Crippen molar-refractivity contribution in [2.24, 2.45) is 0 Å². The molecule has 0 heterocycles. The third-order valence-corrected chi connectivity index (χ3v) is 2.21. The second-order valence-electron chi connectivity index (χ2n) is 2.43. The highest BCUT2D eigenvalue weighted by Crippen LogP contribution is 2.00. The second-order valence-corrected chi connectivity index (χ2v) is 3.41. The Balaban J connectivity index is 3.55. The Hall–Kier alpha value is -0.750. The Labute approximate surface area is 80.7 Å². The van der Waals surface area contributed by atoms with Crippen LogP contribution in [-0.4, -0.2) is 58.7 Å². The number of rotatable bonds is 6. The van der Waals surface area contributed by atoms with Gasteiger partial charge in [-0.15, -0.1) is 11.8 Å². The highest BCUT2D eigenvalue weighted by molar-refractivity contribution is 8.00. The Morgan fingerprint density at radius 3 is 2.46 bits per heavy atom. The van der Waals surface area contributed by atoms with E-state index in [1.165, 1.54) is 4.90 Å². The van der Waals surface area contributed by atoms with Crippen molar-refractivity contribution < 1.29 is 19.8 Å². The third kappa shape index (κ3) is 6.41. The molecule has 0 aliphatic carbocycles. The molecule has 13 heavy (non-hydrogen) atoms. The molecule has 0 saturated heterocycles. The van der Waals surface area contributed by atoms with Gasteiger partial charge in [-0.25, -0.2) is 0 Å². The van der Waals surface area contributed by atoms with Crippen molar-refractivity contribution in [2.75, 3.05) is 31.7 Å². The number of hydrogen-bond donors (Lipinski definition) is 2. The minimum Gasteiger partial charge on any atom is -0.481 e.